The first-order valence-electron chi connectivity index (χ1n) is 11.7. The third-order valence-electron chi connectivity index (χ3n) is 6.36. The maximum Gasteiger partial charge on any atom is 0.250 e. The zero-order valence-corrected chi connectivity index (χ0v) is 21.3. The van der Waals surface area contributed by atoms with Crippen LogP contribution in [0, 0.1) is 0 Å². The van der Waals surface area contributed by atoms with Crippen molar-refractivity contribution < 1.29 is 4.74 Å². The van der Waals surface area contributed by atoms with E-state index in [4.69, 9.17) is 9.73 Å². The van der Waals surface area contributed by atoms with Gasteiger partial charge in [0.15, 0.2) is 5.96 Å². The predicted octanol–water partition coefficient (Wildman–Crippen LogP) is 2.84. The number of morpholine rings is 1. The van der Waals surface area contributed by atoms with Gasteiger partial charge in [0, 0.05) is 50.5 Å². The fraction of sp³-hybridized carbons (Fsp3) is 0.739. The van der Waals surface area contributed by atoms with Gasteiger partial charge in [0.25, 0.3) is 0 Å². The number of hydrogen-bond acceptors (Lipinski definition) is 4. The lowest BCUT2D eigenvalue weighted by Gasteiger charge is -2.47. The van der Waals surface area contributed by atoms with Gasteiger partial charge in [0.2, 0.25) is 5.56 Å². The number of aromatic nitrogens is 1. The Kier molecular flexibility index (Phi) is 11.9. The lowest BCUT2D eigenvalue weighted by molar-refractivity contribution is -0.0333. The molecule has 8 heteroatoms. The van der Waals surface area contributed by atoms with E-state index in [1.807, 2.05) is 12.3 Å². The monoisotopic (exact) mass is 545 g/mol. The SMILES string of the molecule is CCNC(=NCC1(N2CCOCC2)CCCCC1)NCCCCn1ccccc1=O.I. The second kappa shape index (κ2) is 14.1. The number of aryl methyl sites for hydroxylation is 1. The molecule has 2 N–H and O–H groups in total. The second-order valence-electron chi connectivity index (χ2n) is 8.45. The normalized spacial score (nSPS) is 19.5. The minimum Gasteiger partial charge on any atom is -0.379 e. The van der Waals surface area contributed by atoms with Gasteiger partial charge in [-0.25, -0.2) is 0 Å². The van der Waals surface area contributed by atoms with E-state index in [2.05, 4.69) is 22.5 Å². The van der Waals surface area contributed by atoms with Crippen molar-refractivity contribution in [1.82, 2.24) is 20.1 Å². The summed E-state index contributed by atoms with van der Waals surface area (Å²) in [7, 11) is 0. The Morgan fingerprint density at radius 3 is 2.61 bits per heavy atom. The number of aliphatic imine (C=N–C) groups is 1. The van der Waals surface area contributed by atoms with Crippen molar-refractivity contribution in [1.29, 1.82) is 0 Å². The van der Waals surface area contributed by atoms with Crippen LogP contribution in [0.25, 0.3) is 0 Å². The van der Waals surface area contributed by atoms with Crippen LogP contribution in [0.2, 0.25) is 0 Å². The Balaban J connectivity index is 0.00000341. The lowest BCUT2D eigenvalue weighted by Crippen LogP contribution is -2.56. The number of ether oxygens (including phenoxy) is 1. The standard InChI is InChI=1S/C23H39N5O2.HI/c1-2-24-22(25-13-7-9-15-27-14-8-4-10-21(27)29)26-20-23(11-5-3-6-12-23)28-16-18-30-19-17-28;/h4,8,10,14H,2-3,5-7,9,11-13,15-20H2,1H3,(H2,24,25,26);1H. The van der Waals surface area contributed by atoms with Crippen molar-refractivity contribution in [3.8, 4) is 0 Å². The van der Waals surface area contributed by atoms with E-state index in [-0.39, 0.29) is 35.1 Å². The zero-order valence-electron chi connectivity index (χ0n) is 19.0. The Morgan fingerprint density at radius 1 is 1.13 bits per heavy atom. The minimum absolute atomic E-state index is 0. The fourth-order valence-corrected chi connectivity index (χ4v) is 4.65. The van der Waals surface area contributed by atoms with Gasteiger partial charge >= 0.3 is 0 Å². The molecule has 0 spiro atoms. The molecule has 0 unspecified atom stereocenters. The quantitative estimate of drug-likeness (QED) is 0.216. The van der Waals surface area contributed by atoms with Crippen LogP contribution in [0.1, 0.15) is 51.9 Å². The van der Waals surface area contributed by atoms with Crippen LogP contribution >= 0.6 is 24.0 Å². The largest absolute Gasteiger partial charge is 0.379 e. The number of halogens is 1. The summed E-state index contributed by atoms with van der Waals surface area (Å²) in [5.41, 5.74) is 0.264. The molecular weight excluding hydrogens is 505 g/mol. The number of nitrogens with one attached hydrogen (secondary N) is 2. The van der Waals surface area contributed by atoms with Crippen LogP contribution in [0.15, 0.2) is 34.2 Å². The molecule has 0 amide bonds. The number of rotatable bonds is 9. The lowest BCUT2D eigenvalue weighted by atomic mass is 9.80. The van der Waals surface area contributed by atoms with E-state index in [0.29, 0.717) is 0 Å². The van der Waals surface area contributed by atoms with Gasteiger partial charge < -0.3 is 19.9 Å². The highest BCUT2D eigenvalue weighted by Crippen LogP contribution is 2.34. The molecule has 176 valence electrons. The number of hydrogen-bond donors (Lipinski definition) is 2. The van der Waals surface area contributed by atoms with Gasteiger partial charge in [-0.3, -0.25) is 14.7 Å². The third-order valence-corrected chi connectivity index (χ3v) is 6.36. The molecule has 2 fully saturated rings. The van der Waals surface area contributed by atoms with E-state index in [0.717, 1.165) is 71.3 Å². The van der Waals surface area contributed by atoms with Gasteiger partial charge in [-0.2, -0.15) is 0 Å². The number of nitrogens with zero attached hydrogens (tertiary/aromatic N) is 3. The van der Waals surface area contributed by atoms with Gasteiger partial charge in [0.1, 0.15) is 0 Å². The molecule has 0 radical (unpaired) electrons. The Morgan fingerprint density at radius 2 is 1.90 bits per heavy atom. The molecule has 2 heterocycles. The van der Waals surface area contributed by atoms with Gasteiger partial charge in [-0.05, 0) is 38.7 Å². The summed E-state index contributed by atoms with van der Waals surface area (Å²) in [6, 6.07) is 5.31. The highest BCUT2D eigenvalue weighted by atomic mass is 127. The molecule has 1 saturated carbocycles. The Bertz CT molecular complexity index is 712. The van der Waals surface area contributed by atoms with E-state index < -0.39 is 0 Å². The molecule has 3 rings (SSSR count). The molecule has 0 aromatic carbocycles. The molecule has 0 atom stereocenters. The average Bonchev–Trinajstić information content (AvgIpc) is 2.79. The average molecular weight is 546 g/mol. The van der Waals surface area contributed by atoms with Gasteiger partial charge in [-0.1, -0.05) is 25.3 Å². The maximum atomic E-state index is 11.8. The Hall–Kier alpha value is -1.13. The zero-order chi connectivity index (χ0) is 21.1. The summed E-state index contributed by atoms with van der Waals surface area (Å²) in [6.07, 6.45) is 10.2. The molecule has 31 heavy (non-hydrogen) atoms. The number of guanidine groups is 1. The fourth-order valence-electron chi connectivity index (χ4n) is 4.65. The summed E-state index contributed by atoms with van der Waals surface area (Å²) >= 11 is 0. The van der Waals surface area contributed by atoms with Crippen molar-refractivity contribution >= 4 is 29.9 Å². The molecule has 0 bridgehead atoms. The molecule has 1 aromatic rings. The van der Waals surface area contributed by atoms with Crippen LogP contribution in [0.4, 0.5) is 0 Å². The number of pyridine rings is 1. The highest BCUT2D eigenvalue weighted by molar-refractivity contribution is 14.0. The van der Waals surface area contributed by atoms with Crippen LogP contribution < -0.4 is 16.2 Å². The van der Waals surface area contributed by atoms with Crippen molar-refractivity contribution in [2.45, 2.75) is 64.0 Å². The summed E-state index contributed by atoms with van der Waals surface area (Å²) < 4.78 is 7.36. The van der Waals surface area contributed by atoms with Crippen LogP contribution in [0.5, 0.6) is 0 Å². The second-order valence-corrected chi connectivity index (χ2v) is 8.45. The first-order chi connectivity index (χ1) is 14.7. The molecular formula is C23H40IN5O2. The third kappa shape index (κ3) is 8.05. The predicted molar refractivity (Wildman–Crippen MR) is 138 cm³/mol. The Labute approximate surface area is 204 Å². The van der Waals surface area contributed by atoms with Crippen LogP contribution in [-0.2, 0) is 11.3 Å². The molecule has 1 aromatic heterocycles. The smallest absolute Gasteiger partial charge is 0.250 e. The van der Waals surface area contributed by atoms with Crippen LogP contribution in [-0.4, -0.2) is 66.9 Å². The highest BCUT2D eigenvalue weighted by Gasteiger charge is 2.38. The topological polar surface area (TPSA) is 70.9 Å². The van der Waals surface area contributed by atoms with E-state index in [9.17, 15) is 4.79 Å². The van der Waals surface area contributed by atoms with Crippen molar-refractivity contribution in [2.75, 3.05) is 45.9 Å². The van der Waals surface area contributed by atoms with E-state index in [1.54, 1.807) is 16.7 Å². The van der Waals surface area contributed by atoms with Gasteiger partial charge in [0.05, 0.1) is 19.8 Å². The first kappa shape index (κ1) is 26.1. The molecule has 1 aliphatic carbocycles. The summed E-state index contributed by atoms with van der Waals surface area (Å²) in [6.45, 7) is 9.17. The van der Waals surface area contributed by atoms with Gasteiger partial charge in [-0.15, -0.1) is 24.0 Å². The van der Waals surface area contributed by atoms with Crippen LogP contribution in [0.3, 0.4) is 0 Å². The molecule has 1 saturated heterocycles. The maximum absolute atomic E-state index is 11.8. The summed E-state index contributed by atoms with van der Waals surface area (Å²) in [4.78, 5) is 19.4. The molecule has 2 aliphatic rings. The van der Waals surface area contributed by atoms with Crippen molar-refractivity contribution in [3.05, 3.63) is 34.7 Å². The molecule has 1 aliphatic heterocycles. The summed E-state index contributed by atoms with van der Waals surface area (Å²) in [5, 5.41) is 6.89. The minimum atomic E-state index is 0. The van der Waals surface area contributed by atoms with Crippen molar-refractivity contribution in [3.63, 3.8) is 0 Å². The molecule has 7 nitrogen and oxygen atoms in total. The summed E-state index contributed by atoms with van der Waals surface area (Å²) in [5.74, 6) is 0.910. The van der Waals surface area contributed by atoms with E-state index in [1.165, 1.54) is 32.1 Å². The van der Waals surface area contributed by atoms with Crippen molar-refractivity contribution in [2.24, 2.45) is 4.99 Å². The van der Waals surface area contributed by atoms with E-state index >= 15 is 0 Å². The first-order valence-corrected chi connectivity index (χ1v) is 11.7. The number of unbranched alkanes of at least 4 members (excludes halogenated alkanes) is 1.